The highest BCUT2D eigenvalue weighted by Crippen LogP contribution is 2.24. The Morgan fingerprint density at radius 2 is 1.35 bits per heavy atom. The number of Topliss-reactive ketones (excluding diaryl/α,β-unsaturated/α-hetero) is 8. The van der Waals surface area contributed by atoms with Crippen LogP contribution in [0.2, 0.25) is 0 Å². The van der Waals surface area contributed by atoms with Gasteiger partial charge in [-0.3, -0.25) is 38.5 Å². The van der Waals surface area contributed by atoms with Gasteiger partial charge in [-0.2, -0.15) is 0 Å². The Labute approximate surface area is 391 Å². The van der Waals surface area contributed by atoms with E-state index in [2.05, 4.69) is 30.5 Å². The molecule has 2 saturated heterocycles. The van der Waals surface area contributed by atoms with Crippen LogP contribution in [-0.2, 0) is 51.2 Å². The zero-order chi connectivity index (χ0) is 50.0. The Morgan fingerprint density at radius 1 is 0.800 bits per heavy atom. The average molecular weight is 947 g/mol. The number of imidazole rings is 1. The molecule has 5 rings (SSSR count). The number of nitrogens with one attached hydrogen (secondary N) is 4. The molecule has 7 N–H and O–H groups in total. The number of H-pyrrole nitrogens is 2. The molecule has 65 heavy (non-hydrogen) atoms. The number of hydrogen-bond donors (Lipinski definition) is 6. The Morgan fingerprint density at radius 3 is 1.69 bits per heavy atom. The van der Waals surface area contributed by atoms with E-state index in [9.17, 15) is 48.3 Å². The summed E-state index contributed by atoms with van der Waals surface area (Å²) in [6, 6.07) is 4.31. The number of phenolic OH excluding ortho intramolecular Hbond substituents is 1. The van der Waals surface area contributed by atoms with Crippen molar-refractivity contribution in [2.24, 2.45) is 5.73 Å². The van der Waals surface area contributed by atoms with Crippen LogP contribution in [0.1, 0.15) is 85.9 Å². The number of nitrogens with two attached hydrogens (primary N) is 1. The van der Waals surface area contributed by atoms with Gasteiger partial charge in [-0.05, 0) is 107 Å². The number of nitrogens with zero attached hydrogens (tertiary/aromatic N) is 3. The van der Waals surface area contributed by atoms with Gasteiger partial charge in [0, 0.05) is 79.1 Å². The number of carbonyl (C=O) groups excluding carboxylic acids is 9. The quantitative estimate of drug-likeness (QED) is 0.119. The molecule has 0 aliphatic carbocycles. The average Bonchev–Trinajstić information content (AvgIpc) is 4.05. The molecule has 2 fully saturated rings. The maximum atomic E-state index is 11.4. The van der Waals surface area contributed by atoms with Crippen molar-refractivity contribution in [3.63, 3.8) is 0 Å². The maximum Gasteiger partial charge on any atom is 0.282 e. The Bertz CT molecular complexity index is 2010. The number of phenols is 1. The number of rotatable bonds is 16. The lowest BCUT2D eigenvalue weighted by Crippen LogP contribution is -2.34. The Kier molecular flexibility index (Phi) is 29.5. The van der Waals surface area contributed by atoms with E-state index >= 15 is 0 Å². The number of fused-ring (bicyclic) bond motifs is 1. The van der Waals surface area contributed by atoms with Crippen molar-refractivity contribution in [1.29, 1.82) is 0 Å². The summed E-state index contributed by atoms with van der Waals surface area (Å²) in [6.45, 7) is 12.1. The predicted octanol–water partition coefficient (Wildman–Crippen LogP) is 3.87. The van der Waals surface area contributed by atoms with Gasteiger partial charge >= 0.3 is 0 Å². The van der Waals surface area contributed by atoms with E-state index in [0.717, 1.165) is 33.8 Å². The summed E-state index contributed by atoms with van der Waals surface area (Å²) in [5.41, 5.74) is 8.23. The van der Waals surface area contributed by atoms with E-state index in [1.165, 1.54) is 51.3 Å². The molecule has 20 heteroatoms. The minimum Gasteiger partial charge on any atom is -0.508 e. The first-order valence-electron chi connectivity index (χ1n) is 20.9. The SMILES string of the molecule is CC(=O)C1CSC(=O)N1C.CC(=O)C1CSCN1C.CC(=O)CCC(C)=O.CC(=O)C[C@@H](N)C(C)=O.CNC(Cc1cnc[nH]1)C(C)=O.CN[C@@H](Cc1c[nH]c2ccc(O)cc12)C(C)=O. The van der Waals surface area contributed by atoms with Crippen molar-refractivity contribution >= 4 is 85.9 Å². The molecular formula is C45H70N8O10S2. The van der Waals surface area contributed by atoms with Crippen LogP contribution in [-0.4, -0.2) is 157 Å². The molecule has 2 aliphatic heterocycles. The van der Waals surface area contributed by atoms with Gasteiger partial charge in [0.15, 0.2) is 5.78 Å². The molecule has 2 aromatic heterocycles. The van der Waals surface area contributed by atoms with E-state index in [1.807, 2.05) is 31.1 Å². The number of likely N-dealkylation sites (N-methyl/N-ethyl adjacent to an activating group) is 4. The van der Waals surface area contributed by atoms with Gasteiger partial charge in [-0.1, -0.05) is 11.8 Å². The van der Waals surface area contributed by atoms with Crippen LogP contribution in [0.25, 0.3) is 10.9 Å². The topological polar surface area (TPSA) is 275 Å². The van der Waals surface area contributed by atoms with Crippen LogP contribution in [0.15, 0.2) is 36.9 Å². The molecule has 2 aliphatic rings. The van der Waals surface area contributed by atoms with Crippen LogP contribution in [0.5, 0.6) is 5.75 Å². The van der Waals surface area contributed by atoms with Crippen LogP contribution >= 0.6 is 23.5 Å². The minimum absolute atomic E-state index is 0.000185. The van der Waals surface area contributed by atoms with Gasteiger partial charge in [0.05, 0.1) is 30.5 Å². The largest absolute Gasteiger partial charge is 0.508 e. The second-order valence-corrected chi connectivity index (χ2v) is 17.6. The lowest BCUT2D eigenvalue weighted by atomic mass is 10.0. The summed E-state index contributed by atoms with van der Waals surface area (Å²) in [7, 11) is 7.21. The standard InChI is InChI=1S/C13H16N2O2.C8H13N3O.C6H9NO2S.C6H11NO2.C6H11NOS.C6H10O2/c1-8(16)13(14-2)5-9-7-15-12-4-3-10(17)6-11(9)12;1-6(12)8(9-2)3-7-4-10-5-11-7;1-4(8)5-3-10-6(9)7(5)2;1-4(8)3-6(7)5(2)9;1-5(8)6-3-9-4-7(6)2;1-5(7)3-4-6(2)8/h3-4,6-7,13-15,17H,5H2,1-2H3;4-5,8-9H,3H2,1-2H3,(H,10,11);5H,3H2,1-2H3;6H,3,7H2,1-2H3;6H,3-4H2,1-2H3;3-4H2,1-2H3/t13-;;;6-;;/m0..1../s1. The molecule has 3 unspecified atom stereocenters. The van der Waals surface area contributed by atoms with Gasteiger partial charge in [-0.25, -0.2) is 4.98 Å². The van der Waals surface area contributed by atoms with E-state index in [4.69, 9.17) is 5.73 Å². The fourth-order valence-corrected chi connectivity index (χ4v) is 8.08. The van der Waals surface area contributed by atoms with Crippen molar-refractivity contribution in [2.45, 2.75) is 118 Å². The Balaban J connectivity index is 0.000000774. The predicted molar refractivity (Wildman–Crippen MR) is 257 cm³/mol. The molecule has 1 amide bonds. The molecule has 0 saturated carbocycles. The maximum absolute atomic E-state index is 11.4. The number of aromatic amines is 2. The molecule has 0 bridgehead atoms. The van der Waals surface area contributed by atoms with Gasteiger partial charge in [0.25, 0.3) is 5.24 Å². The summed E-state index contributed by atoms with van der Waals surface area (Å²) >= 11 is 3.03. The third-order valence-electron chi connectivity index (χ3n) is 9.85. The number of benzene rings is 1. The first kappa shape index (κ1) is 60.1. The van der Waals surface area contributed by atoms with Crippen molar-refractivity contribution in [3.8, 4) is 5.75 Å². The van der Waals surface area contributed by atoms with Crippen molar-refractivity contribution in [3.05, 3.63) is 48.2 Å². The van der Waals surface area contributed by atoms with Crippen LogP contribution in [0, 0.1) is 0 Å². The summed E-state index contributed by atoms with van der Waals surface area (Å²) in [5.74, 6) is 3.45. The van der Waals surface area contributed by atoms with E-state index in [0.29, 0.717) is 37.2 Å². The molecule has 0 spiro atoms. The highest BCUT2D eigenvalue weighted by molar-refractivity contribution is 8.13. The molecule has 362 valence electrons. The summed E-state index contributed by atoms with van der Waals surface area (Å²) < 4.78 is 0. The monoisotopic (exact) mass is 946 g/mol. The van der Waals surface area contributed by atoms with Gasteiger partial charge in [0.1, 0.15) is 52.3 Å². The van der Waals surface area contributed by atoms with E-state index < -0.39 is 6.04 Å². The normalized spacial score (nSPS) is 16.5. The number of aromatic nitrogens is 3. The molecule has 0 radical (unpaired) electrons. The Hall–Kier alpha value is -4.86. The van der Waals surface area contributed by atoms with Crippen molar-refractivity contribution in [1.82, 2.24) is 35.4 Å². The molecule has 18 nitrogen and oxygen atoms in total. The van der Waals surface area contributed by atoms with E-state index in [-0.39, 0.29) is 82.1 Å². The third-order valence-corrected chi connectivity index (χ3v) is 12.0. The third kappa shape index (κ3) is 24.9. The second-order valence-electron chi connectivity index (χ2n) is 15.7. The van der Waals surface area contributed by atoms with Gasteiger partial charge in [-0.15, -0.1) is 11.8 Å². The summed E-state index contributed by atoms with van der Waals surface area (Å²) in [4.78, 5) is 109. The fourth-order valence-electron chi connectivity index (χ4n) is 5.71. The number of aromatic hydroxyl groups is 1. The van der Waals surface area contributed by atoms with Gasteiger partial charge in [0.2, 0.25) is 0 Å². The number of amides is 1. The first-order chi connectivity index (χ1) is 30.4. The molecule has 5 atom stereocenters. The zero-order valence-corrected chi connectivity index (χ0v) is 41.5. The van der Waals surface area contributed by atoms with Crippen LogP contribution < -0.4 is 16.4 Å². The zero-order valence-electron chi connectivity index (χ0n) is 39.9. The van der Waals surface area contributed by atoms with Crippen molar-refractivity contribution in [2.75, 3.05) is 45.6 Å². The minimum atomic E-state index is -0.595. The first-order valence-corrected chi connectivity index (χ1v) is 23.0. The lowest BCUT2D eigenvalue weighted by molar-refractivity contribution is -0.123. The number of hydrogen-bond acceptors (Lipinski definition) is 17. The highest BCUT2D eigenvalue weighted by atomic mass is 32.2. The number of carbonyl (C=O) groups is 9. The van der Waals surface area contributed by atoms with E-state index in [1.54, 1.807) is 66.6 Å². The smallest absolute Gasteiger partial charge is 0.282 e. The van der Waals surface area contributed by atoms with Crippen molar-refractivity contribution < 1.29 is 48.3 Å². The summed E-state index contributed by atoms with van der Waals surface area (Å²) in [6.07, 6.45) is 7.48. The van der Waals surface area contributed by atoms with Gasteiger partial charge < -0.3 is 45.9 Å². The fraction of sp³-hybridized carbons (Fsp3) is 0.556. The molecule has 4 heterocycles. The number of thioether (sulfide) groups is 2. The number of ketones is 8. The van der Waals surface area contributed by atoms with Crippen LogP contribution in [0.4, 0.5) is 4.79 Å². The van der Waals surface area contributed by atoms with Crippen LogP contribution in [0.3, 0.4) is 0 Å². The second kappa shape index (κ2) is 31.9. The molecular weight excluding hydrogens is 877 g/mol. The molecule has 1 aromatic carbocycles. The lowest BCUT2D eigenvalue weighted by Gasteiger charge is -2.14. The molecule has 3 aromatic rings. The highest BCUT2D eigenvalue weighted by Gasteiger charge is 2.31. The summed E-state index contributed by atoms with van der Waals surface area (Å²) in [5, 5.41) is 16.4.